The summed E-state index contributed by atoms with van der Waals surface area (Å²) in [7, 11) is -0.840. The van der Waals surface area contributed by atoms with Crippen molar-refractivity contribution >= 4 is 52.5 Å². The van der Waals surface area contributed by atoms with Crippen LogP contribution in [0.5, 0.6) is 11.5 Å². The zero-order valence-corrected chi connectivity index (χ0v) is 23.6. The average molecular weight is 581 g/mol. The first kappa shape index (κ1) is 33.3. The van der Waals surface area contributed by atoms with Gasteiger partial charge in [0.2, 0.25) is 10.0 Å². The average Bonchev–Trinajstić information content (AvgIpc) is 2.94. The maximum absolute atomic E-state index is 13.2. The number of aliphatic carboxylic acids is 1. The van der Waals surface area contributed by atoms with Gasteiger partial charge in [-0.05, 0) is 71.9 Å². The molecule has 0 fully saturated rings. The number of carboxylic acids is 1. The molecule has 0 aliphatic rings. The molecule has 0 spiro atoms. The maximum atomic E-state index is 13.2. The number of carboxylic acid groups (broad SMARTS) is 1. The molecule has 3 rings (SSSR count). The quantitative estimate of drug-likeness (QED) is 0.248. The molecule has 1 unspecified atom stereocenters. The first-order valence-corrected chi connectivity index (χ1v) is 15.0. The molecule has 3 aromatic carbocycles. The number of ether oxygens (including phenoxy) is 2. The van der Waals surface area contributed by atoms with Crippen LogP contribution in [0.4, 0.5) is 0 Å². The van der Waals surface area contributed by atoms with Gasteiger partial charge in [-0.25, -0.2) is 17.9 Å². The summed E-state index contributed by atoms with van der Waals surface area (Å²) in [5, 5.41) is 12.1. The van der Waals surface area contributed by atoms with E-state index in [9.17, 15) is 23.1 Å². The Morgan fingerprint density at radius 1 is 0.975 bits per heavy atom. The Morgan fingerprint density at radius 3 is 2.30 bits per heavy atom. The second-order valence-electron chi connectivity index (χ2n) is 8.56. The molecule has 12 heteroatoms. The van der Waals surface area contributed by atoms with E-state index in [-0.39, 0.29) is 42.3 Å². The van der Waals surface area contributed by atoms with E-state index in [4.69, 9.17) is 9.47 Å². The number of hydrogen-bond donors (Lipinski definition) is 3. The number of hydrogen-bond acceptors (Lipinski definition) is 7. The third-order valence-electron chi connectivity index (χ3n) is 6.00. The molecule has 3 aromatic rings. The van der Waals surface area contributed by atoms with Gasteiger partial charge in [-0.2, -0.15) is 11.8 Å². The Balaban J connectivity index is 0.00000560. The molecule has 0 radical (unpaired) electrons. The number of benzene rings is 3. The van der Waals surface area contributed by atoms with Gasteiger partial charge in [-0.1, -0.05) is 36.4 Å². The van der Waals surface area contributed by atoms with Crippen LogP contribution >= 0.6 is 11.8 Å². The Bertz CT molecular complexity index is 1400. The summed E-state index contributed by atoms with van der Waals surface area (Å²) in [5.74, 6) is -0.0185. The molecule has 0 saturated carbocycles. The molecule has 0 bridgehead atoms. The summed E-state index contributed by atoms with van der Waals surface area (Å²) < 4.78 is 39.5. The molecule has 9 nitrogen and oxygen atoms in total. The number of methoxy groups -OCH3 is 2. The van der Waals surface area contributed by atoms with Crippen LogP contribution in [-0.2, 0) is 21.2 Å². The van der Waals surface area contributed by atoms with Gasteiger partial charge >= 0.3 is 24.8 Å². The van der Waals surface area contributed by atoms with Crippen molar-refractivity contribution in [3.05, 3.63) is 77.9 Å². The minimum atomic E-state index is -3.91. The Kier molecular flexibility index (Phi) is 13.1. The Labute approximate surface area is 251 Å². The number of carbonyl (C=O) groups is 2. The molecule has 0 aliphatic carbocycles. The Hall–Kier alpha value is -2.94. The van der Waals surface area contributed by atoms with E-state index >= 15 is 0 Å². The van der Waals surface area contributed by atoms with E-state index in [1.165, 1.54) is 37.1 Å². The van der Waals surface area contributed by atoms with Gasteiger partial charge in [-0.15, -0.1) is 0 Å². The van der Waals surface area contributed by atoms with Crippen LogP contribution in [0.15, 0.2) is 71.6 Å². The van der Waals surface area contributed by atoms with Crippen molar-refractivity contribution in [3.8, 4) is 22.6 Å². The van der Waals surface area contributed by atoms with Gasteiger partial charge in [0.15, 0.2) is 11.5 Å². The molecular formula is C28H33LiN2O7S2. The number of nitrogens with one attached hydrogen (secondary N) is 2. The van der Waals surface area contributed by atoms with E-state index in [1.807, 2.05) is 18.4 Å². The summed E-state index contributed by atoms with van der Waals surface area (Å²) in [4.78, 5) is 24.8. The fourth-order valence-electron chi connectivity index (χ4n) is 3.92. The zero-order chi connectivity index (χ0) is 28.4. The van der Waals surface area contributed by atoms with Crippen molar-refractivity contribution in [3.63, 3.8) is 0 Å². The van der Waals surface area contributed by atoms with Crippen molar-refractivity contribution in [2.45, 2.75) is 23.8 Å². The van der Waals surface area contributed by atoms with Crippen LogP contribution in [0, 0.1) is 0 Å². The second-order valence-corrected chi connectivity index (χ2v) is 11.3. The third-order valence-corrected chi connectivity index (χ3v) is 8.10. The van der Waals surface area contributed by atoms with Crippen molar-refractivity contribution < 1.29 is 32.6 Å². The van der Waals surface area contributed by atoms with Crippen molar-refractivity contribution in [2.75, 3.05) is 32.8 Å². The van der Waals surface area contributed by atoms with E-state index in [1.54, 1.807) is 43.5 Å². The number of thioether (sulfide) groups is 1. The number of amides is 1. The van der Waals surface area contributed by atoms with Crippen LogP contribution in [0.25, 0.3) is 11.1 Å². The van der Waals surface area contributed by atoms with Crippen molar-refractivity contribution in [1.82, 2.24) is 10.0 Å². The van der Waals surface area contributed by atoms with E-state index in [0.29, 0.717) is 34.8 Å². The number of sulfonamides is 1. The van der Waals surface area contributed by atoms with Crippen LogP contribution in [0.2, 0.25) is 0 Å². The van der Waals surface area contributed by atoms with E-state index in [2.05, 4.69) is 10.0 Å². The summed E-state index contributed by atoms with van der Waals surface area (Å²) >= 11 is 1.48. The SMILES string of the molecule is COc1ccc(CCNS(=O)(=O)c2ccc(C(=O)NC(CCSC)C(=O)O)c(-c3ccccc3)c2)cc1OC.[LiH]. The number of rotatable bonds is 14. The summed E-state index contributed by atoms with van der Waals surface area (Å²) in [6.45, 7) is 0.135. The first-order chi connectivity index (χ1) is 18.7. The fraction of sp³-hybridized carbons (Fsp3) is 0.286. The molecule has 0 heterocycles. The normalized spacial score (nSPS) is 11.7. The van der Waals surface area contributed by atoms with E-state index in [0.717, 1.165) is 5.56 Å². The molecule has 1 amide bonds. The minimum absolute atomic E-state index is 0. The fourth-order valence-corrected chi connectivity index (χ4v) is 5.45. The topological polar surface area (TPSA) is 131 Å². The monoisotopic (exact) mass is 580 g/mol. The van der Waals surface area contributed by atoms with Crippen LogP contribution in [0.1, 0.15) is 22.3 Å². The molecule has 40 heavy (non-hydrogen) atoms. The third kappa shape index (κ3) is 8.78. The standard InChI is InChI=1S/C28H32N2O7S2.Li.H/c1-36-25-12-9-19(17-26(25)37-2)13-15-29-39(34,35)21-10-11-22(23(18-21)20-7-5-4-6-8-20)27(31)30-24(28(32)33)14-16-38-3;;/h4-12,17-18,24,29H,13-16H2,1-3H3,(H,30,31)(H,32,33);;. The molecule has 0 aliphatic heterocycles. The second kappa shape index (κ2) is 15.7. The first-order valence-electron chi connectivity index (χ1n) is 12.1. The predicted octanol–water partition coefficient (Wildman–Crippen LogP) is 3.18. The molecule has 3 N–H and O–H groups in total. The molecule has 0 saturated heterocycles. The van der Waals surface area contributed by atoms with E-state index < -0.39 is 27.9 Å². The summed E-state index contributed by atoms with van der Waals surface area (Å²) in [6, 6.07) is 17.4. The molecular weight excluding hydrogens is 547 g/mol. The van der Waals surface area contributed by atoms with Gasteiger partial charge in [0.25, 0.3) is 5.91 Å². The van der Waals surface area contributed by atoms with Crippen LogP contribution < -0.4 is 19.5 Å². The van der Waals surface area contributed by atoms with Crippen LogP contribution in [-0.4, -0.2) is 83.1 Å². The Morgan fingerprint density at radius 2 is 1.68 bits per heavy atom. The van der Waals surface area contributed by atoms with Gasteiger partial charge in [0.1, 0.15) is 6.04 Å². The van der Waals surface area contributed by atoms with Gasteiger partial charge in [-0.3, -0.25) is 4.79 Å². The molecule has 210 valence electrons. The van der Waals surface area contributed by atoms with Crippen LogP contribution in [0.3, 0.4) is 0 Å². The van der Waals surface area contributed by atoms with Gasteiger partial charge in [0.05, 0.1) is 19.1 Å². The number of carbonyl (C=O) groups excluding carboxylic acids is 1. The van der Waals surface area contributed by atoms with Gasteiger partial charge in [0, 0.05) is 12.1 Å². The van der Waals surface area contributed by atoms with Crippen molar-refractivity contribution in [1.29, 1.82) is 0 Å². The summed E-state index contributed by atoms with van der Waals surface area (Å²) in [6.07, 6.45) is 2.53. The predicted molar refractivity (Wildman–Crippen MR) is 159 cm³/mol. The van der Waals surface area contributed by atoms with Gasteiger partial charge < -0.3 is 19.9 Å². The summed E-state index contributed by atoms with van der Waals surface area (Å²) in [5.41, 5.74) is 2.05. The molecule has 0 aromatic heterocycles. The van der Waals surface area contributed by atoms with Crippen molar-refractivity contribution in [2.24, 2.45) is 0 Å². The molecule has 1 atom stereocenters. The zero-order valence-electron chi connectivity index (χ0n) is 22.0.